The zero-order valence-corrected chi connectivity index (χ0v) is 14.4. The van der Waals surface area contributed by atoms with Crippen LogP contribution in [0.3, 0.4) is 0 Å². The van der Waals surface area contributed by atoms with E-state index in [1.165, 1.54) is 0 Å². The van der Waals surface area contributed by atoms with Gasteiger partial charge in [0.25, 0.3) is 0 Å². The van der Waals surface area contributed by atoms with Gasteiger partial charge >= 0.3 is 5.97 Å². The van der Waals surface area contributed by atoms with Gasteiger partial charge in [-0.05, 0) is 45.7 Å². The van der Waals surface area contributed by atoms with Gasteiger partial charge in [-0.25, -0.2) is 4.79 Å². The third-order valence-electron chi connectivity index (χ3n) is 3.43. The highest BCUT2D eigenvalue weighted by molar-refractivity contribution is 5.72. The Labute approximate surface area is 142 Å². The first-order valence-corrected chi connectivity index (χ1v) is 8.11. The number of nitrogens with one attached hydrogen (secondary N) is 2. The molecule has 0 amide bonds. The SMILES string of the molecule is CC(C)(C)OC(=O)COc1ccc(NO)c(NC[C@@H]2CCCO2)c1. The van der Waals surface area contributed by atoms with E-state index < -0.39 is 11.6 Å². The lowest BCUT2D eigenvalue weighted by Gasteiger charge is -2.20. The van der Waals surface area contributed by atoms with E-state index in [1.54, 1.807) is 39.0 Å². The molecule has 1 aromatic rings. The quantitative estimate of drug-likeness (QED) is 0.520. The fraction of sp³-hybridized carbons (Fsp3) is 0.588. The van der Waals surface area contributed by atoms with Gasteiger partial charge in [0.15, 0.2) is 6.61 Å². The van der Waals surface area contributed by atoms with Crippen molar-refractivity contribution >= 4 is 17.3 Å². The number of carbonyl (C=O) groups excluding carboxylic acids is 1. The molecule has 7 heteroatoms. The summed E-state index contributed by atoms with van der Waals surface area (Å²) in [5.74, 6) is 0.0791. The summed E-state index contributed by atoms with van der Waals surface area (Å²) in [4.78, 5) is 11.7. The van der Waals surface area contributed by atoms with Crippen LogP contribution in [-0.2, 0) is 14.3 Å². The lowest BCUT2D eigenvalue weighted by atomic mass is 10.2. The molecule has 0 bridgehead atoms. The van der Waals surface area contributed by atoms with Gasteiger partial charge in [-0.3, -0.25) is 10.7 Å². The van der Waals surface area contributed by atoms with Crippen molar-refractivity contribution in [2.45, 2.75) is 45.3 Å². The zero-order chi connectivity index (χ0) is 17.6. The summed E-state index contributed by atoms with van der Waals surface area (Å²) in [6.07, 6.45) is 2.25. The summed E-state index contributed by atoms with van der Waals surface area (Å²) in [6, 6.07) is 5.06. The number of esters is 1. The van der Waals surface area contributed by atoms with Crippen LogP contribution in [0.2, 0.25) is 0 Å². The lowest BCUT2D eigenvalue weighted by molar-refractivity contribution is -0.157. The summed E-state index contributed by atoms with van der Waals surface area (Å²) >= 11 is 0. The molecule has 0 aromatic heterocycles. The molecule has 1 heterocycles. The lowest BCUT2D eigenvalue weighted by Crippen LogP contribution is -2.27. The summed E-state index contributed by atoms with van der Waals surface area (Å²) in [5.41, 5.74) is 2.80. The number of hydrogen-bond donors (Lipinski definition) is 3. The van der Waals surface area contributed by atoms with Gasteiger partial charge in [-0.15, -0.1) is 0 Å². The summed E-state index contributed by atoms with van der Waals surface area (Å²) in [7, 11) is 0. The van der Waals surface area contributed by atoms with Gasteiger partial charge in [0.05, 0.1) is 17.5 Å². The van der Waals surface area contributed by atoms with E-state index in [-0.39, 0.29) is 12.7 Å². The van der Waals surface area contributed by atoms with Crippen molar-refractivity contribution in [1.29, 1.82) is 0 Å². The number of hydrogen-bond acceptors (Lipinski definition) is 7. The van der Waals surface area contributed by atoms with Crippen LogP contribution in [0.15, 0.2) is 18.2 Å². The first kappa shape index (κ1) is 18.4. The molecule has 1 aliphatic heterocycles. The van der Waals surface area contributed by atoms with Gasteiger partial charge in [0.2, 0.25) is 0 Å². The number of ether oxygens (including phenoxy) is 3. The maximum Gasteiger partial charge on any atom is 0.344 e. The van der Waals surface area contributed by atoms with Crippen molar-refractivity contribution in [3.8, 4) is 5.75 Å². The van der Waals surface area contributed by atoms with E-state index in [0.29, 0.717) is 23.7 Å². The summed E-state index contributed by atoms with van der Waals surface area (Å²) in [6.45, 7) is 6.67. The number of rotatable bonds is 7. The van der Waals surface area contributed by atoms with E-state index in [2.05, 4.69) is 10.8 Å². The monoisotopic (exact) mass is 338 g/mol. The standard InChI is InChI=1S/C17H26N2O5/c1-17(2,3)24-16(20)11-23-12-6-7-14(19-21)15(9-12)18-10-13-5-4-8-22-13/h6-7,9,13,18-19,21H,4-5,8,10-11H2,1-3H3/t13-/m0/s1. The Morgan fingerprint density at radius 2 is 2.17 bits per heavy atom. The highest BCUT2D eigenvalue weighted by Gasteiger charge is 2.18. The van der Waals surface area contributed by atoms with Crippen LogP contribution in [0, 0.1) is 0 Å². The van der Waals surface area contributed by atoms with Gasteiger partial charge in [-0.1, -0.05) is 0 Å². The van der Waals surface area contributed by atoms with Crippen molar-refractivity contribution in [1.82, 2.24) is 0 Å². The third-order valence-corrected chi connectivity index (χ3v) is 3.43. The molecule has 0 radical (unpaired) electrons. The predicted molar refractivity (Wildman–Crippen MR) is 90.7 cm³/mol. The fourth-order valence-electron chi connectivity index (χ4n) is 2.40. The molecular formula is C17H26N2O5. The minimum Gasteiger partial charge on any atom is -0.482 e. The van der Waals surface area contributed by atoms with Crippen molar-refractivity contribution in [3.63, 3.8) is 0 Å². The van der Waals surface area contributed by atoms with Crippen LogP contribution in [0.25, 0.3) is 0 Å². The van der Waals surface area contributed by atoms with Gasteiger partial charge < -0.3 is 19.5 Å². The maximum absolute atomic E-state index is 11.7. The van der Waals surface area contributed by atoms with E-state index in [9.17, 15) is 10.0 Å². The van der Waals surface area contributed by atoms with E-state index in [4.69, 9.17) is 14.2 Å². The molecule has 24 heavy (non-hydrogen) atoms. The largest absolute Gasteiger partial charge is 0.482 e. The summed E-state index contributed by atoms with van der Waals surface area (Å²) in [5, 5.41) is 12.4. The minimum absolute atomic E-state index is 0.169. The van der Waals surface area contributed by atoms with Crippen LogP contribution >= 0.6 is 0 Å². The second-order valence-electron chi connectivity index (χ2n) is 6.71. The van der Waals surface area contributed by atoms with Crippen molar-refractivity contribution in [2.75, 3.05) is 30.6 Å². The molecule has 2 rings (SSSR count). The second-order valence-corrected chi connectivity index (χ2v) is 6.71. The Bertz CT molecular complexity index is 550. The minimum atomic E-state index is -0.543. The molecule has 0 aliphatic carbocycles. The first-order chi connectivity index (χ1) is 11.4. The van der Waals surface area contributed by atoms with E-state index in [1.807, 2.05) is 0 Å². The normalized spacial score (nSPS) is 17.4. The van der Waals surface area contributed by atoms with Gasteiger partial charge in [-0.2, -0.15) is 0 Å². The molecule has 1 atom stereocenters. The van der Waals surface area contributed by atoms with Crippen molar-refractivity contribution in [3.05, 3.63) is 18.2 Å². The van der Waals surface area contributed by atoms with Crippen LogP contribution in [-0.4, -0.2) is 42.6 Å². The Balaban J connectivity index is 1.92. The van der Waals surface area contributed by atoms with Crippen LogP contribution in [0.5, 0.6) is 5.75 Å². The third kappa shape index (κ3) is 5.90. The molecule has 3 N–H and O–H groups in total. The Morgan fingerprint density at radius 3 is 2.79 bits per heavy atom. The van der Waals surface area contributed by atoms with Gasteiger partial charge in [0, 0.05) is 19.2 Å². The molecule has 1 fully saturated rings. The van der Waals surface area contributed by atoms with E-state index in [0.717, 1.165) is 19.4 Å². The molecule has 1 aliphatic rings. The molecule has 1 saturated heterocycles. The van der Waals surface area contributed by atoms with E-state index >= 15 is 0 Å². The Morgan fingerprint density at radius 1 is 1.38 bits per heavy atom. The van der Waals surface area contributed by atoms with Crippen LogP contribution in [0.4, 0.5) is 11.4 Å². The predicted octanol–water partition coefficient (Wildman–Crippen LogP) is 2.80. The molecule has 0 unspecified atom stereocenters. The van der Waals surface area contributed by atoms with Crippen molar-refractivity contribution in [2.24, 2.45) is 0 Å². The molecule has 134 valence electrons. The highest BCUT2D eigenvalue weighted by Crippen LogP contribution is 2.27. The molecular weight excluding hydrogens is 312 g/mol. The highest BCUT2D eigenvalue weighted by atomic mass is 16.6. The average Bonchev–Trinajstić information content (AvgIpc) is 3.02. The Kier molecular flexibility index (Phi) is 6.28. The number of carbonyl (C=O) groups is 1. The number of anilines is 2. The second kappa shape index (κ2) is 8.21. The van der Waals surface area contributed by atoms with Crippen molar-refractivity contribution < 1.29 is 24.2 Å². The fourth-order valence-corrected chi connectivity index (χ4v) is 2.40. The van der Waals surface area contributed by atoms with Gasteiger partial charge in [0.1, 0.15) is 11.4 Å². The smallest absolute Gasteiger partial charge is 0.344 e. The molecule has 7 nitrogen and oxygen atoms in total. The summed E-state index contributed by atoms with van der Waals surface area (Å²) < 4.78 is 16.2. The molecule has 0 spiro atoms. The van der Waals surface area contributed by atoms with Crippen LogP contribution < -0.4 is 15.5 Å². The Hall–Kier alpha value is -1.99. The zero-order valence-electron chi connectivity index (χ0n) is 14.4. The maximum atomic E-state index is 11.7. The molecule has 0 saturated carbocycles. The molecule has 1 aromatic carbocycles. The average molecular weight is 338 g/mol. The first-order valence-electron chi connectivity index (χ1n) is 8.11. The van der Waals surface area contributed by atoms with Crippen LogP contribution in [0.1, 0.15) is 33.6 Å². The number of benzene rings is 1. The topological polar surface area (TPSA) is 89.1 Å².